The molecule has 0 N–H and O–H groups in total. The molecule has 0 aromatic heterocycles. The highest BCUT2D eigenvalue weighted by molar-refractivity contribution is 7.80. The minimum absolute atomic E-state index is 0.0332. The molecule has 1 saturated carbocycles. The lowest BCUT2D eigenvalue weighted by Gasteiger charge is -2.22. The fourth-order valence-electron chi connectivity index (χ4n) is 4.17. The molecule has 1 atom stereocenters. The Morgan fingerprint density at radius 2 is 1.82 bits per heavy atom. The van der Waals surface area contributed by atoms with Gasteiger partial charge in [0.25, 0.3) is 0 Å². The maximum Gasteiger partial charge on any atom is 0.123 e. The number of hydrogen-bond donors (Lipinski definition) is 0. The summed E-state index contributed by atoms with van der Waals surface area (Å²) >= 11 is 4.82. The number of hydrogen-bond acceptors (Lipinski definition) is 1. The van der Waals surface area contributed by atoms with E-state index in [1.807, 2.05) is 13.0 Å². The molecule has 0 nitrogen and oxygen atoms in total. The number of allylic oxidation sites excluding steroid dienone is 5. The molecule has 0 bridgehead atoms. The highest BCUT2D eigenvalue weighted by Crippen LogP contribution is 2.48. The first kappa shape index (κ1) is 25.9. The van der Waals surface area contributed by atoms with E-state index in [1.165, 1.54) is 28.3 Å². The zero-order valence-electron chi connectivity index (χ0n) is 20.8. The first-order chi connectivity index (χ1) is 16.2. The molecule has 0 saturated heterocycles. The maximum absolute atomic E-state index is 13.6. The van der Waals surface area contributed by atoms with Crippen molar-refractivity contribution in [1.29, 1.82) is 0 Å². The zero-order chi connectivity index (χ0) is 24.9. The van der Waals surface area contributed by atoms with E-state index in [1.54, 1.807) is 12.1 Å². The second-order valence-electron chi connectivity index (χ2n) is 9.65. The molecule has 2 aliphatic carbocycles. The maximum atomic E-state index is 13.6. The molecule has 0 spiro atoms. The Bertz CT molecular complexity index is 1150. The molecule has 1 fully saturated rings. The van der Waals surface area contributed by atoms with Gasteiger partial charge in [0.1, 0.15) is 5.82 Å². The van der Waals surface area contributed by atoms with Crippen molar-refractivity contribution in [1.82, 2.24) is 0 Å². The molecule has 4 rings (SSSR count). The molecule has 2 aliphatic rings. The Hall–Kier alpha value is -2.76. The van der Waals surface area contributed by atoms with E-state index in [0.29, 0.717) is 5.92 Å². The van der Waals surface area contributed by atoms with Gasteiger partial charge in [-0.15, -0.1) is 6.42 Å². The van der Waals surface area contributed by atoms with Gasteiger partial charge in [-0.3, -0.25) is 0 Å². The van der Waals surface area contributed by atoms with E-state index in [2.05, 4.69) is 69.7 Å². The lowest BCUT2D eigenvalue weighted by molar-refractivity contribution is 0.627. The normalized spacial score (nSPS) is 16.5. The molecule has 176 valence electrons. The molecule has 0 heterocycles. The Morgan fingerprint density at radius 1 is 1.18 bits per heavy atom. The van der Waals surface area contributed by atoms with Crippen LogP contribution in [0.1, 0.15) is 76.0 Å². The van der Waals surface area contributed by atoms with Gasteiger partial charge in [-0.2, -0.15) is 0 Å². The van der Waals surface area contributed by atoms with Crippen molar-refractivity contribution in [2.75, 3.05) is 0 Å². The van der Waals surface area contributed by atoms with Crippen LogP contribution in [0.15, 0.2) is 78.4 Å². The second-order valence-corrected chi connectivity index (χ2v) is 10.3. The minimum Gasteiger partial charge on any atom is -0.207 e. The first-order valence-electron chi connectivity index (χ1n) is 12.1. The molecule has 34 heavy (non-hydrogen) atoms. The van der Waals surface area contributed by atoms with E-state index in [0.717, 1.165) is 41.7 Å². The van der Waals surface area contributed by atoms with Crippen LogP contribution < -0.4 is 0 Å². The van der Waals surface area contributed by atoms with Crippen LogP contribution in [-0.2, 0) is 5.41 Å². The van der Waals surface area contributed by atoms with Crippen molar-refractivity contribution in [3.63, 3.8) is 0 Å². The minimum atomic E-state index is -0.201. The van der Waals surface area contributed by atoms with Crippen LogP contribution in [0.2, 0.25) is 0 Å². The Kier molecular flexibility index (Phi) is 8.45. The van der Waals surface area contributed by atoms with Crippen molar-refractivity contribution < 1.29 is 4.39 Å². The SMILES string of the molecule is C#CC1(c2ccc([C@@H](C(=C)CC)C3=CC(c4cccc(F)c4)=CC3)cc2)CC1.CC(=S)C(C)C. The van der Waals surface area contributed by atoms with Crippen molar-refractivity contribution in [3.05, 3.63) is 101 Å². The summed E-state index contributed by atoms with van der Waals surface area (Å²) in [5, 5.41) is 0. The van der Waals surface area contributed by atoms with Crippen LogP contribution in [0.3, 0.4) is 0 Å². The molecule has 2 aromatic carbocycles. The van der Waals surface area contributed by atoms with Crippen LogP contribution in [0, 0.1) is 24.1 Å². The quantitative estimate of drug-likeness (QED) is 0.221. The van der Waals surface area contributed by atoms with Crippen LogP contribution in [0.5, 0.6) is 0 Å². The monoisotopic (exact) mass is 470 g/mol. The summed E-state index contributed by atoms with van der Waals surface area (Å²) in [6.45, 7) is 12.7. The molecule has 0 aliphatic heterocycles. The molecule has 0 amide bonds. The van der Waals surface area contributed by atoms with Crippen molar-refractivity contribution in [2.24, 2.45) is 5.92 Å². The average Bonchev–Trinajstić information content (AvgIpc) is 3.49. The van der Waals surface area contributed by atoms with Gasteiger partial charge in [0.05, 0.1) is 5.41 Å². The highest BCUT2D eigenvalue weighted by Gasteiger charge is 2.42. The standard InChI is InChI=1S/C27H25F.C5H10S/c1-4-19(3)26(20-11-13-24(14-12-20)27(5-2)15-16-27)23-10-9-22(17-23)21-7-6-8-25(28)18-21;1-4(2)5(3)6/h2,6-9,11-14,17-18,26H,3-4,10,15-16H2,1H3;4H,1-3H3/t26-;/m1./s1. The second kappa shape index (κ2) is 11.1. The Balaban J connectivity index is 0.000000481. The fraction of sp³-hybridized carbons (Fsp3) is 0.344. The summed E-state index contributed by atoms with van der Waals surface area (Å²) in [6.07, 6.45) is 14.1. The topological polar surface area (TPSA) is 0 Å². The van der Waals surface area contributed by atoms with E-state index in [9.17, 15) is 4.39 Å². The fourth-order valence-corrected chi connectivity index (χ4v) is 4.17. The van der Waals surface area contributed by atoms with Crippen molar-refractivity contribution in [2.45, 2.75) is 64.7 Å². The van der Waals surface area contributed by atoms with Gasteiger partial charge in [0.15, 0.2) is 0 Å². The van der Waals surface area contributed by atoms with Crippen LogP contribution >= 0.6 is 12.2 Å². The van der Waals surface area contributed by atoms with E-state index in [4.69, 9.17) is 18.6 Å². The van der Waals surface area contributed by atoms with Gasteiger partial charge in [0, 0.05) is 5.92 Å². The molecule has 2 heteroatoms. The Morgan fingerprint density at radius 3 is 2.32 bits per heavy atom. The van der Waals surface area contributed by atoms with Crippen molar-refractivity contribution >= 4 is 22.7 Å². The largest absolute Gasteiger partial charge is 0.207 e. The van der Waals surface area contributed by atoms with E-state index in [-0.39, 0.29) is 17.2 Å². The number of halogens is 1. The van der Waals surface area contributed by atoms with Gasteiger partial charge in [-0.25, -0.2) is 4.39 Å². The van der Waals surface area contributed by atoms with E-state index < -0.39 is 0 Å². The lowest BCUT2D eigenvalue weighted by Crippen LogP contribution is -2.07. The third-order valence-electron chi connectivity index (χ3n) is 6.93. The van der Waals surface area contributed by atoms with Gasteiger partial charge >= 0.3 is 0 Å². The number of terminal acetylenes is 1. The highest BCUT2D eigenvalue weighted by atomic mass is 32.1. The summed E-state index contributed by atoms with van der Waals surface area (Å²) in [5.41, 5.74) is 7.00. The third-order valence-corrected chi connectivity index (χ3v) is 7.40. The van der Waals surface area contributed by atoms with E-state index >= 15 is 0 Å². The summed E-state index contributed by atoms with van der Waals surface area (Å²) in [4.78, 5) is 1.09. The number of rotatable bonds is 7. The summed E-state index contributed by atoms with van der Waals surface area (Å²) in [6, 6.07) is 15.6. The van der Waals surface area contributed by atoms with Gasteiger partial charge in [0.2, 0.25) is 0 Å². The average molecular weight is 471 g/mol. The Labute approximate surface area is 210 Å². The summed E-state index contributed by atoms with van der Waals surface area (Å²) in [7, 11) is 0. The molecular formula is C32H35FS. The van der Waals surface area contributed by atoms with Crippen LogP contribution in [-0.4, -0.2) is 4.86 Å². The summed E-state index contributed by atoms with van der Waals surface area (Å²) in [5.74, 6) is 3.53. The predicted molar refractivity (Wildman–Crippen MR) is 149 cm³/mol. The van der Waals surface area contributed by atoms with Crippen LogP contribution in [0.25, 0.3) is 5.57 Å². The lowest BCUT2D eigenvalue weighted by atomic mass is 9.82. The molecule has 0 unspecified atom stereocenters. The predicted octanol–water partition coefficient (Wildman–Crippen LogP) is 8.99. The molecular weight excluding hydrogens is 435 g/mol. The van der Waals surface area contributed by atoms with Gasteiger partial charge < -0.3 is 0 Å². The van der Waals surface area contributed by atoms with Crippen molar-refractivity contribution in [3.8, 4) is 12.3 Å². The first-order valence-corrected chi connectivity index (χ1v) is 12.5. The molecule has 0 radical (unpaired) electrons. The third kappa shape index (κ3) is 6.02. The van der Waals surface area contributed by atoms with Gasteiger partial charge in [-0.05, 0) is 77.8 Å². The zero-order valence-corrected chi connectivity index (χ0v) is 21.6. The number of thiocarbonyl (C=S) groups is 1. The van der Waals surface area contributed by atoms with Crippen LogP contribution in [0.4, 0.5) is 4.39 Å². The number of benzene rings is 2. The molecule has 2 aromatic rings. The van der Waals surface area contributed by atoms with Gasteiger partial charge in [-0.1, -0.05) is 105 Å². The summed E-state index contributed by atoms with van der Waals surface area (Å²) < 4.78 is 13.6. The smallest absolute Gasteiger partial charge is 0.123 e.